The van der Waals surface area contributed by atoms with Crippen LogP contribution in [-0.2, 0) is 9.59 Å². The normalized spacial score (nSPS) is 21.8. The number of likely N-dealkylation sites (tertiary alicyclic amines) is 1. The van der Waals surface area contributed by atoms with Gasteiger partial charge in [0.2, 0.25) is 5.91 Å². The average molecular weight is 288 g/mol. The van der Waals surface area contributed by atoms with Gasteiger partial charge in [0.15, 0.2) is 0 Å². The zero-order chi connectivity index (χ0) is 14.8. The Morgan fingerprint density at radius 3 is 2.86 bits per heavy atom. The number of nitrogens with zero attached hydrogens (tertiary/aromatic N) is 1. The fraction of sp³-hybridized carbons (Fsp3) is 0.500. The summed E-state index contributed by atoms with van der Waals surface area (Å²) in [7, 11) is 0. The van der Waals surface area contributed by atoms with Gasteiger partial charge < -0.3 is 10.1 Å². The molecule has 0 aromatic heterocycles. The maximum absolute atomic E-state index is 12.3. The molecule has 2 fully saturated rings. The summed E-state index contributed by atoms with van der Waals surface area (Å²) in [5, 5.41) is 3.16. The molecule has 5 nitrogen and oxygen atoms in total. The van der Waals surface area contributed by atoms with E-state index in [1.807, 2.05) is 24.3 Å². The highest BCUT2D eigenvalue weighted by Gasteiger charge is 2.46. The van der Waals surface area contributed by atoms with Crippen LogP contribution < -0.4 is 10.1 Å². The van der Waals surface area contributed by atoms with Crippen LogP contribution in [0.5, 0.6) is 5.75 Å². The van der Waals surface area contributed by atoms with E-state index in [0.717, 1.165) is 30.7 Å². The van der Waals surface area contributed by atoms with Gasteiger partial charge in [-0.2, -0.15) is 0 Å². The van der Waals surface area contributed by atoms with E-state index in [4.69, 9.17) is 4.74 Å². The molecule has 1 aromatic carbocycles. The predicted molar refractivity (Wildman–Crippen MR) is 79.1 cm³/mol. The molecule has 1 aliphatic carbocycles. The molecule has 1 N–H and O–H groups in total. The molecular formula is C16H20N2O3. The van der Waals surface area contributed by atoms with Crippen molar-refractivity contribution in [1.82, 2.24) is 4.90 Å². The molecule has 1 unspecified atom stereocenters. The molecule has 0 radical (unpaired) electrons. The first-order valence-electron chi connectivity index (χ1n) is 7.54. The summed E-state index contributed by atoms with van der Waals surface area (Å²) in [6, 6.07) is 7.23. The molecule has 1 saturated heterocycles. The van der Waals surface area contributed by atoms with Crippen LogP contribution in [0.15, 0.2) is 24.3 Å². The molecule has 112 valence electrons. The summed E-state index contributed by atoms with van der Waals surface area (Å²) in [4.78, 5) is 25.6. The monoisotopic (exact) mass is 288 g/mol. The van der Waals surface area contributed by atoms with Crippen molar-refractivity contribution in [3.63, 3.8) is 0 Å². The average Bonchev–Trinajstić information content (AvgIpc) is 3.25. The summed E-state index contributed by atoms with van der Waals surface area (Å²) < 4.78 is 5.58. The Hall–Kier alpha value is -2.04. The van der Waals surface area contributed by atoms with Gasteiger partial charge in [0.25, 0.3) is 5.91 Å². The van der Waals surface area contributed by atoms with Crippen molar-refractivity contribution in [2.75, 3.05) is 11.9 Å². The van der Waals surface area contributed by atoms with Crippen molar-refractivity contribution in [3.8, 4) is 5.75 Å². The third-order valence-electron chi connectivity index (χ3n) is 3.74. The highest BCUT2D eigenvalue weighted by atomic mass is 16.5. The molecule has 1 saturated carbocycles. The number of rotatable bonds is 6. The third kappa shape index (κ3) is 3.01. The summed E-state index contributed by atoms with van der Waals surface area (Å²) in [5.41, 5.74) is 0.812. The van der Waals surface area contributed by atoms with Gasteiger partial charge in [-0.3, -0.25) is 14.5 Å². The molecule has 0 spiro atoms. The van der Waals surface area contributed by atoms with Gasteiger partial charge in [-0.15, -0.1) is 0 Å². The Morgan fingerprint density at radius 2 is 2.14 bits per heavy atom. The third-order valence-corrected chi connectivity index (χ3v) is 3.74. The molecule has 2 aliphatic rings. The molecule has 1 atom stereocenters. The highest BCUT2D eigenvalue weighted by Crippen LogP contribution is 2.32. The molecule has 0 bridgehead atoms. The first-order chi connectivity index (χ1) is 10.2. The van der Waals surface area contributed by atoms with Gasteiger partial charge in [-0.1, -0.05) is 13.0 Å². The Balaban J connectivity index is 1.66. The standard InChI is InChI=1S/C16H20N2O3/c1-2-8-21-13-5-3-4-11(9-13)17-14-10-15(19)18(16(14)20)12-6-7-12/h3-5,9,12,14,17H,2,6-8,10H2,1H3. The summed E-state index contributed by atoms with van der Waals surface area (Å²) in [5.74, 6) is 0.624. The summed E-state index contributed by atoms with van der Waals surface area (Å²) in [6.07, 6.45) is 3.09. The molecule has 1 heterocycles. The van der Waals surface area contributed by atoms with Crippen molar-refractivity contribution in [3.05, 3.63) is 24.3 Å². The Kier molecular flexibility index (Phi) is 3.82. The van der Waals surface area contributed by atoms with Crippen LogP contribution in [-0.4, -0.2) is 35.4 Å². The molecule has 1 aromatic rings. The predicted octanol–water partition coefficient (Wildman–Crippen LogP) is 2.18. The van der Waals surface area contributed by atoms with Crippen LogP contribution in [0.1, 0.15) is 32.6 Å². The summed E-state index contributed by atoms with van der Waals surface area (Å²) in [6.45, 7) is 2.72. The number of benzene rings is 1. The number of amides is 2. The Bertz CT molecular complexity index is 554. The number of ether oxygens (including phenoxy) is 1. The van der Waals surface area contributed by atoms with E-state index in [1.165, 1.54) is 4.90 Å². The molecule has 2 amide bonds. The lowest BCUT2D eigenvalue weighted by Crippen LogP contribution is -2.36. The van der Waals surface area contributed by atoms with E-state index in [1.54, 1.807) is 0 Å². The SMILES string of the molecule is CCCOc1cccc(NC2CC(=O)N(C3CC3)C2=O)c1. The van der Waals surface area contributed by atoms with Crippen molar-refractivity contribution in [2.45, 2.75) is 44.7 Å². The maximum atomic E-state index is 12.3. The second kappa shape index (κ2) is 5.76. The van der Waals surface area contributed by atoms with Gasteiger partial charge in [-0.25, -0.2) is 0 Å². The van der Waals surface area contributed by atoms with E-state index in [0.29, 0.717) is 6.61 Å². The van der Waals surface area contributed by atoms with E-state index in [-0.39, 0.29) is 24.3 Å². The van der Waals surface area contributed by atoms with Crippen LogP contribution in [0.3, 0.4) is 0 Å². The number of anilines is 1. The first-order valence-corrected chi connectivity index (χ1v) is 7.54. The molecule has 5 heteroatoms. The maximum Gasteiger partial charge on any atom is 0.252 e. The second-order valence-corrected chi connectivity index (χ2v) is 5.61. The Morgan fingerprint density at radius 1 is 1.33 bits per heavy atom. The fourth-order valence-electron chi connectivity index (χ4n) is 2.58. The minimum absolute atomic E-state index is 0.0570. The van der Waals surface area contributed by atoms with Gasteiger partial charge in [0, 0.05) is 17.8 Å². The van der Waals surface area contributed by atoms with Gasteiger partial charge in [0.05, 0.1) is 13.0 Å². The van der Waals surface area contributed by atoms with Crippen LogP contribution in [0.2, 0.25) is 0 Å². The first kappa shape index (κ1) is 13.9. The lowest BCUT2D eigenvalue weighted by Gasteiger charge is -2.15. The minimum atomic E-state index is -0.445. The van der Waals surface area contributed by atoms with Gasteiger partial charge >= 0.3 is 0 Å². The number of carbonyl (C=O) groups is 2. The van der Waals surface area contributed by atoms with E-state index >= 15 is 0 Å². The molecule has 1 aliphatic heterocycles. The van der Waals surface area contributed by atoms with Gasteiger partial charge in [-0.05, 0) is 31.4 Å². The zero-order valence-corrected chi connectivity index (χ0v) is 12.2. The number of hydrogen-bond donors (Lipinski definition) is 1. The van der Waals surface area contributed by atoms with Crippen LogP contribution >= 0.6 is 0 Å². The van der Waals surface area contributed by atoms with Crippen LogP contribution in [0, 0.1) is 0 Å². The van der Waals surface area contributed by atoms with Crippen molar-refractivity contribution in [1.29, 1.82) is 0 Å². The number of hydrogen-bond acceptors (Lipinski definition) is 4. The van der Waals surface area contributed by atoms with Crippen LogP contribution in [0.4, 0.5) is 5.69 Å². The number of nitrogens with one attached hydrogen (secondary N) is 1. The number of imide groups is 1. The summed E-state index contributed by atoms with van der Waals surface area (Å²) >= 11 is 0. The largest absolute Gasteiger partial charge is 0.494 e. The Labute approximate surface area is 124 Å². The highest BCUT2D eigenvalue weighted by molar-refractivity contribution is 6.07. The van der Waals surface area contributed by atoms with Crippen molar-refractivity contribution < 1.29 is 14.3 Å². The second-order valence-electron chi connectivity index (χ2n) is 5.61. The van der Waals surface area contributed by atoms with Gasteiger partial charge in [0.1, 0.15) is 11.8 Å². The number of carbonyl (C=O) groups excluding carboxylic acids is 2. The minimum Gasteiger partial charge on any atom is -0.494 e. The van der Waals surface area contributed by atoms with Crippen molar-refractivity contribution in [2.24, 2.45) is 0 Å². The van der Waals surface area contributed by atoms with E-state index < -0.39 is 6.04 Å². The smallest absolute Gasteiger partial charge is 0.252 e. The lowest BCUT2D eigenvalue weighted by atomic mass is 10.2. The molecular weight excluding hydrogens is 268 g/mol. The lowest BCUT2D eigenvalue weighted by molar-refractivity contribution is -0.139. The van der Waals surface area contributed by atoms with Crippen LogP contribution in [0.25, 0.3) is 0 Å². The molecule has 3 rings (SSSR count). The van der Waals surface area contributed by atoms with E-state index in [2.05, 4.69) is 12.2 Å². The quantitative estimate of drug-likeness (QED) is 0.815. The molecule has 21 heavy (non-hydrogen) atoms. The fourth-order valence-corrected chi connectivity index (χ4v) is 2.58. The van der Waals surface area contributed by atoms with E-state index in [9.17, 15) is 9.59 Å². The topological polar surface area (TPSA) is 58.6 Å². The van der Waals surface area contributed by atoms with Crippen molar-refractivity contribution >= 4 is 17.5 Å². The zero-order valence-electron chi connectivity index (χ0n) is 12.2.